The molecule has 1 aromatic rings. The van der Waals surface area contributed by atoms with Crippen LogP contribution in [0.3, 0.4) is 0 Å². The Kier molecular flexibility index (Phi) is 4.93. The molecule has 0 radical (unpaired) electrons. The fraction of sp³-hybridized carbons (Fsp3) is 0.714. The Morgan fingerprint density at radius 3 is 2.33 bits per heavy atom. The molecule has 1 heterocycles. The highest BCUT2D eigenvalue weighted by Crippen LogP contribution is 2.27. The van der Waals surface area contributed by atoms with Crippen LogP contribution in [-0.2, 0) is 6.42 Å². The molecule has 2 N–H and O–H groups in total. The van der Waals surface area contributed by atoms with E-state index in [-0.39, 0.29) is 5.41 Å². The van der Waals surface area contributed by atoms with Crippen LogP contribution in [-0.4, -0.2) is 23.6 Å². The molecule has 0 unspecified atom stereocenters. The molecule has 102 valence electrons. The minimum Gasteiger partial charge on any atom is -0.373 e. The van der Waals surface area contributed by atoms with Gasteiger partial charge in [-0.1, -0.05) is 34.6 Å². The van der Waals surface area contributed by atoms with Gasteiger partial charge >= 0.3 is 0 Å². The second-order valence-corrected chi connectivity index (χ2v) is 5.65. The summed E-state index contributed by atoms with van der Waals surface area (Å²) in [5, 5.41) is 6.59. The van der Waals surface area contributed by atoms with Crippen molar-refractivity contribution in [3.8, 4) is 0 Å². The van der Waals surface area contributed by atoms with Gasteiger partial charge in [0, 0.05) is 19.2 Å². The number of rotatable bonds is 6. The number of nitrogens with zero attached hydrogens (tertiary/aromatic N) is 2. The van der Waals surface area contributed by atoms with E-state index in [4.69, 9.17) is 0 Å². The Hall–Kier alpha value is -1.32. The number of hydrogen-bond donors (Lipinski definition) is 2. The van der Waals surface area contributed by atoms with Crippen molar-refractivity contribution in [2.45, 2.75) is 41.0 Å². The largest absolute Gasteiger partial charge is 0.373 e. The molecule has 0 amide bonds. The highest BCUT2D eigenvalue weighted by atomic mass is 15.1. The lowest BCUT2D eigenvalue weighted by molar-refractivity contribution is 0.269. The predicted molar refractivity (Wildman–Crippen MR) is 78.1 cm³/mol. The van der Waals surface area contributed by atoms with E-state index in [0.717, 1.165) is 30.2 Å². The molecule has 0 atom stereocenters. The van der Waals surface area contributed by atoms with Crippen LogP contribution in [0, 0.1) is 11.3 Å². The fourth-order valence-corrected chi connectivity index (χ4v) is 1.63. The lowest BCUT2D eigenvalue weighted by atomic mass is 9.81. The summed E-state index contributed by atoms with van der Waals surface area (Å²) in [7, 11) is 1.89. The Balaban J connectivity index is 2.85. The minimum absolute atomic E-state index is 0.246. The van der Waals surface area contributed by atoms with Crippen LogP contribution in [0.2, 0.25) is 0 Å². The Morgan fingerprint density at radius 1 is 1.22 bits per heavy atom. The van der Waals surface area contributed by atoms with E-state index >= 15 is 0 Å². The van der Waals surface area contributed by atoms with E-state index in [2.05, 4.69) is 55.2 Å². The quantitative estimate of drug-likeness (QED) is 0.814. The van der Waals surface area contributed by atoms with Gasteiger partial charge in [0.25, 0.3) is 0 Å². The summed E-state index contributed by atoms with van der Waals surface area (Å²) in [5.74, 6) is 2.49. The van der Waals surface area contributed by atoms with Crippen LogP contribution < -0.4 is 10.6 Å². The summed E-state index contributed by atoms with van der Waals surface area (Å²) in [6, 6.07) is 0. The lowest BCUT2D eigenvalue weighted by Crippen LogP contribution is -2.29. The second-order valence-electron chi connectivity index (χ2n) is 5.65. The first-order valence-electron chi connectivity index (χ1n) is 6.67. The van der Waals surface area contributed by atoms with Crippen molar-refractivity contribution >= 4 is 11.6 Å². The average molecular weight is 250 g/mol. The molecule has 0 spiro atoms. The van der Waals surface area contributed by atoms with Crippen LogP contribution in [0.1, 0.15) is 40.2 Å². The van der Waals surface area contributed by atoms with Gasteiger partial charge < -0.3 is 10.6 Å². The van der Waals surface area contributed by atoms with Gasteiger partial charge in [-0.15, -0.1) is 0 Å². The molecule has 0 bridgehead atoms. The maximum Gasteiger partial charge on any atom is 0.134 e. The maximum atomic E-state index is 4.36. The maximum absolute atomic E-state index is 4.36. The number of nitrogens with one attached hydrogen (secondary N) is 2. The number of aromatic nitrogens is 2. The van der Waals surface area contributed by atoms with Crippen molar-refractivity contribution in [2.24, 2.45) is 11.3 Å². The molecule has 0 aliphatic heterocycles. The van der Waals surface area contributed by atoms with Crippen molar-refractivity contribution in [2.75, 3.05) is 24.2 Å². The summed E-state index contributed by atoms with van der Waals surface area (Å²) < 4.78 is 0. The third-order valence-electron chi connectivity index (χ3n) is 3.81. The predicted octanol–water partition coefficient (Wildman–Crippen LogP) is 3.17. The number of hydrogen-bond acceptors (Lipinski definition) is 4. The van der Waals surface area contributed by atoms with Gasteiger partial charge in [0.15, 0.2) is 0 Å². The third kappa shape index (κ3) is 3.34. The highest BCUT2D eigenvalue weighted by molar-refractivity contribution is 5.57. The highest BCUT2D eigenvalue weighted by Gasteiger charge is 2.22. The monoisotopic (exact) mass is 250 g/mol. The summed E-state index contributed by atoms with van der Waals surface area (Å²) in [4.78, 5) is 8.60. The number of anilines is 2. The molecular weight excluding hydrogens is 224 g/mol. The second kappa shape index (κ2) is 6.03. The van der Waals surface area contributed by atoms with E-state index in [1.165, 1.54) is 0 Å². The van der Waals surface area contributed by atoms with Crippen molar-refractivity contribution in [3.63, 3.8) is 0 Å². The van der Waals surface area contributed by atoms with E-state index in [9.17, 15) is 0 Å². The summed E-state index contributed by atoms with van der Waals surface area (Å²) in [6.07, 6.45) is 2.52. The van der Waals surface area contributed by atoms with Gasteiger partial charge in [-0.05, 0) is 17.8 Å². The van der Waals surface area contributed by atoms with Crippen LogP contribution in [0.15, 0.2) is 6.33 Å². The first-order chi connectivity index (χ1) is 8.42. The van der Waals surface area contributed by atoms with Gasteiger partial charge in [-0.25, -0.2) is 9.97 Å². The molecule has 0 aliphatic rings. The SMILES string of the molecule is CCc1c(NC)ncnc1NCC(C)(C)C(C)C. The third-order valence-corrected chi connectivity index (χ3v) is 3.81. The van der Waals surface area contributed by atoms with Crippen molar-refractivity contribution in [1.29, 1.82) is 0 Å². The Bertz CT molecular complexity index is 385. The van der Waals surface area contributed by atoms with Crippen molar-refractivity contribution < 1.29 is 0 Å². The zero-order chi connectivity index (χ0) is 13.8. The molecule has 1 aromatic heterocycles. The van der Waals surface area contributed by atoms with Gasteiger partial charge in [-0.3, -0.25) is 0 Å². The van der Waals surface area contributed by atoms with Crippen LogP contribution >= 0.6 is 0 Å². The Labute approximate surface area is 111 Å². The van der Waals surface area contributed by atoms with E-state index in [1.807, 2.05) is 7.05 Å². The van der Waals surface area contributed by atoms with Crippen molar-refractivity contribution in [3.05, 3.63) is 11.9 Å². The molecule has 0 saturated carbocycles. The summed E-state index contributed by atoms with van der Waals surface area (Å²) in [5.41, 5.74) is 1.40. The summed E-state index contributed by atoms with van der Waals surface area (Å²) >= 11 is 0. The molecule has 0 aromatic carbocycles. The molecule has 18 heavy (non-hydrogen) atoms. The zero-order valence-corrected chi connectivity index (χ0v) is 12.5. The molecule has 0 fully saturated rings. The van der Waals surface area contributed by atoms with Crippen molar-refractivity contribution in [1.82, 2.24) is 9.97 Å². The zero-order valence-electron chi connectivity index (χ0n) is 12.5. The van der Waals surface area contributed by atoms with E-state index in [1.54, 1.807) is 6.33 Å². The summed E-state index contributed by atoms with van der Waals surface area (Å²) in [6.45, 7) is 12.1. The molecular formula is C14H26N4. The molecule has 1 rings (SSSR count). The first kappa shape index (κ1) is 14.7. The average Bonchev–Trinajstić information content (AvgIpc) is 2.35. The van der Waals surface area contributed by atoms with Crippen LogP contribution in [0.25, 0.3) is 0 Å². The Morgan fingerprint density at radius 2 is 1.83 bits per heavy atom. The van der Waals surface area contributed by atoms with Crippen LogP contribution in [0.5, 0.6) is 0 Å². The van der Waals surface area contributed by atoms with Gasteiger partial charge in [-0.2, -0.15) is 0 Å². The normalized spacial score (nSPS) is 11.7. The minimum atomic E-state index is 0.246. The van der Waals surface area contributed by atoms with E-state index in [0.29, 0.717) is 5.92 Å². The van der Waals surface area contributed by atoms with Gasteiger partial charge in [0.2, 0.25) is 0 Å². The topological polar surface area (TPSA) is 49.8 Å². The van der Waals surface area contributed by atoms with Gasteiger partial charge in [0.1, 0.15) is 18.0 Å². The van der Waals surface area contributed by atoms with Gasteiger partial charge in [0.05, 0.1) is 0 Å². The van der Waals surface area contributed by atoms with E-state index < -0.39 is 0 Å². The molecule has 0 aliphatic carbocycles. The molecule has 4 nitrogen and oxygen atoms in total. The standard InChI is InChI=1S/C14H26N4/c1-7-11-12(15-6)17-9-18-13(11)16-8-14(4,5)10(2)3/h9-10H,7-8H2,1-6H3,(H2,15,16,17,18). The molecule has 4 heteroatoms. The fourth-order valence-electron chi connectivity index (χ4n) is 1.63. The molecule has 0 saturated heterocycles. The smallest absolute Gasteiger partial charge is 0.134 e. The lowest BCUT2D eigenvalue weighted by Gasteiger charge is -2.30. The first-order valence-corrected chi connectivity index (χ1v) is 6.67. The van der Waals surface area contributed by atoms with Crippen LogP contribution in [0.4, 0.5) is 11.6 Å².